The molecule has 0 aliphatic heterocycles. The number of amides is 2. The summed E-state index contributed by atoms with van der Waals surface area (Å²) in [5.41, 5.74) is 2.95. The van der Waals surface area contributed by atoms with Crippen molar-refractivity contribution in [3.05, 3.63) is 102 Å². The Bertz CT molecular complexity index is 1280. The topological polar surface area (TPSA) is 86.8 Å². The van der Waals surface area contributed by atoms with Crippen LogP contribution in [0.5, 0.6) is 0 Å². The Labute approximate surface area is 220 Å². The maximum absolute atomic E-state index is 13.6. The summed E-state index contributed by atoms with van der Waals surface area (Å²) in [7, 11) is -0.558. The lowest BCUT2D eigenvalue weighted by Crippen LogP contribution is -2.49. The van der Waals surface area contributed by atoms with Gasteiger partial charge < -0.3 is 10.2 Å². The van der Waals surface area contributed by atoms with Gasteiger partial charge in [-0.25, -0.2) is 12.7 Å². The highest BCUT2D eigenvalue weighted by molar-refractivity contribution is 7.89. The van der Waals surface area contributed by atoms with Crippen molar-refractivity contribution < 1.29 is 18.0 Å². The highest BCUT2D eigenvalue weighted by atomic mass is 32.2. The molecular formula is C29H35N3O4S. The molecule has 3 rings (SSSR count). The second-order valence-corrected chi connectivity index (χ2v) is 11.1. The van der Waals surface area contributed by atoms with Crippen LogP contribution in [0.25, 0.3) is 0 Å². The van der Waals surface area contributed by atoms with Crippen LogP contribution >= 0.6 is 0 Å². The molecular weight excluding hydrogens is 486 g/mol. The van der Waals surface area contributed by atoms with Crippen molar-refractivity contribution in [2.75, 3.05) is 20.6 Å². The van der Waals surface area contributed by atoms with Crippen LogP contribution in [0.2, 0.25) is 0 Å². The van der Waals surface area contributed by atoms with Gasteiger partial charge in [0.05, 0.1) is 4.90 Å². The number of nitrogens with one attached hydrogen (secondary N) is 1. The fourth-order valence-electron chi connectivity index (χ4n) is 4.22. The second-order valence-electron chi connectivity index (χ2n) is 9.07. The third-order valence-corrected chi connectivity index (χ3v) is 8.14. The average molecular weight is 522 g/mol. The maximum Gasteiger partial charge on any atom is 0.242 e. The van der Waals surface area contributed by atoms with Crippen molar-refractivity contribution in [3.63, 3.8) is 0 Å². The zero-order chi connectivity index (χ0) is 26.8. The van der Waals surface area contributed by atoms with Crippen LogP contribution in [-0.2, 0) is 32.6 Å². The Hall–Kier alpha value is -3.49. The molecule has 196 valence electrons. The Morgan fingerprint density at radius 3 is 2.14 bits per heavy atom. The van der Waals surface area contributed by atoms with Gasteiger partial charge in [-0.1, -0.05) is 78.4 Å². The molecule has 0 aromatic heterocycles. The van der Waals surface area contributed by atoms with Crippen molar-refractivity contribution in [2.45, 2.75) is 43.7 Å². The fraction of sp³-hybridized carbons (Fsp3) is 0.310. The summed E-state index contributed by atoms with van der Waals surface area (Å²) in [5.74, 6) is -0.440. The van der Waals surface area contributed by atoms with E-state index in [0.29, 0.717) is 12.8 Å². The van der Waals surface area contributed by atoms with Gasteiger partial charge in [0.2, 0.25) is 21.8 Å². The molecule has 0 aliphatic carbocycles. The quantitative estimate of drug-likeness (QED) is 0.393. The maximum atomic E-state index is 13.6. The molecule has 3 aromatic rings. The molecule has 0 spiro atoms. The zero-order valence-corrected chi connectivity index (χ0v) is 22.4. The first kappa shape index (κ1) is 28.1. The highest BCUT2D eigenvalue weighted by Gasteiger charge is 2.30. The fourth-order valence-corrected chi connectivity index (χ4v) is 5.45. The number of hydrogen-bond acceptors (Lipinski definition) is 4. The van der Waals surface area contributed by atoms with E-state index in [1.807, 2.05) is 61.5 Å². The lowest BCUT2D eigenvalue weighted by Gasteiger charge is -2.31. The molecule has 0 fully saturated rings. The zero-order valence-electron chi connectivity index (χ0n) is 21.6. The number of carbonyl (C=O) groups is 2. The number of benzene rings is 3. The second kappa shape index (κ2) is 13.2. The van der Waals surface area contributed by atoms with Gasteiger partial charge in [-0.15, -0.1) is 0 Å². The van der Waals surface area contributed by atoms with Gasteiger partial charge >= 0.3 is 0 Å². The van der Waals surface area contributed by atoms with Crippen LogP contribution in [0, 0.1) is 6.92 Å². The molecule has 8 heteroatoms. The smallest absolute Gasteiger partial charge is 0.242 e. The largest absolute Gasteiger partial charge is 0.357 e. The molecule has 2 amide bonds. The van der Waals surface area contributed by atoms with Crippen molar-refractivity contribution in [3.8, 4) is 0 Å². The Morgan fingerprint density at radius 2 is 1.51 bits per heavy atom. The molecule has 0 radical (unpaired) electrons. The average Bonchev–Trinajstić information content (AvgIpc) is 2.91. The van der Waals surface area contributed by atoms with Crippen molar-refractivity contribution in [1.29, 1.82) is 0 Å². The molecule has 0 heterocycles. The van der Waals surface area contributed by atoms with E-state index in [9.17, 15) is 18.0 Å². The number of sulfonamides is 1. The van der Waals surface area contributed by atoms with E-state index < -0.39 is 16.1 Å². The molecule has 0 saturated carbocycles. The number of nitrogens with zero attached hydrogens (tertiary/aromatic N) is 2. The third-order valence-electron chi connectivity index (χ3n) is 6.27. The van der Waals surface area contributed by atoms with Crippen LogP contribution in [0.15, 0.2) is 89.8 Å². The first-order valence-corrected chi connectivity index (χ1v) is 13.8. The van der Waals surface area contributed by atoms with E-state index in [4.69, 9.17) is 0 Å². The molecule has 1 atom stereocenters. The SMILES string of the molecule is CNC(=O)[C@@H](Cc1ccccc1)N(Cc1cccc(C)c1)C(=O)CCCN(C)S(=O)(=O)c1ccccc1. The van der Waals surface area contributed by atoms with Gasteiger partial charge in [-0.3, -0.25) is 9.59 Å². The normalized spacial score (nSPS) is 12.2. The summed E-state index contributed by atoms with van der Waals surface area (Å²) in [5, 5.41) is 2.71. The highest BCUT2D eigenvalue weighted by Crippen LogP contribution is 2.18. The van der Waals surface area contributed by atoms with Gasteiger partial charge in [0.15, 0.2) is 0 Å². The summed E-state index contributed by atoms with van der Waals surface area (Å²) in [6.45, 7) is 2.45. The number of hydrogen-bond donors (Lipinski definition) is 1. The summed E-state index contributed by atoms with van der Waals surface area (Å²) < 4.78 is 26.9. The monoisotopic (exact) mass is 521 g/mol. The molecule has 3 aromatic carbocycles. The van der Waals surface area contributed by atoms with Crippen LogP contribution in [-0.4, -0.2) is 56.1 Å². The van der Waals surface area contributed by atoms with Gasteiger partial charge in [0, 0.05) is 40.0 Å². The molecule has 0 saturated heterocycles. The van der Waals surface area contributed by atoms with Crippen LogP contribution in [0.1, 0.15) is 29.5 Å². The molecule has 0 unspecified atom stereocenters. The third kappa shape index (κ3) is 7.74. The van der Waals surface area contributed by atoms with Crippen molar-refractivity contribution >= 4 is 21.8 Å². The van der Waals surface area contributed by atoms with E-state index in [1.165, 1.54) is 11.4 Å². The van der Waals surface area contributed by atoms with Crippen LogP contribution < -0.4 is 5.32 Å². The summed E-state index contributed by atoms with van der Waals surface area (Å²) >= 11 is 0. The predicted octanol–water partition coefficient (Wildman–Crippen LogP) is 3.78. The molecule has 7 nitrogen and oxygen atoms in total. The standard InChI is InChI=1S/C29H35N3O4S/c1-23-12-10-15-25(20-23)22-32(27(29(34)30-2)21-24-13-6-4-7-14-24)28(33)18-11-19-31(3)37(35,36)26-16-8-5-9-17-26/h4-10,12-17,20,27H,11,18-19,21-22H2,1-3H3,(H,30,34)/t27-/m1/s1. The van der Waals surface area contributed by atoms with Crippen LogP contribution in [0.3, 0.4) is 0 Å². The van der Waals surface area contributed by atoms with E-state index in [0.717, 1.165) is 16.7 Å². The van der Waals surface area contributed by atoms with Crippen molar-refractivity contribution in [1.82, 2.24) is 14.5 Å². The Morgan fingerprint density at radius 1 is 0.892 bits per heavy atom. The van der Waals surface area contributed by atoms with E-state index in [-0.39, 0.29) is 36.2 Å². The summed E-state index contributed by atoms with van der Waals surface area (Å²) in [4.78, 5) is 28.4. The lowest BCUT2D eigenvalue weighted by molar-refractivity contribution is -0.141. The first-order valence-electron chi connectivity index (χ1n) is 12.3. The van der Waals surface area contributed by atoms with E-state index in [2.05, 4.69) is 5.32 Å². The van der Waals surface area contributed by atoms with Gasteiger partial charge in [-0.05, 0) is 36.6 Å². The summed E-state index contributed by atoms with van der Waals surface area (Å²) in [6.07, 6.45) is 0.820. The van der Waals surface area contributed by atoms with Gasteiger partial charge in [0.25, 0.3) is 0 Å². The van der Waals surface area contributed by atoms with E-state index >= 15 is 0 Å². The molecule has 1 N–H and O–H groups in total. The number of likely N-dealkylation sites (N-methyl/N-ethyl adjacent to an activating group) is 1. The number of aryl methyl sites for hydroxylation is 1. The molecule has 37 heavy (non-hydrogen) atoms. The Kier molecular flexibility index (Phi) is 10.00. The minimum Gasteiger partial charge on any atom is -0.357 e. The number of carbonyl (C=O) groups excluding carboxylic acids is 2. The molecule has 0 aliphatic rings. The minimum absolute atomic E-state index is 0.114. The summed E-state index contributed by atoms with van der Waals surface area (Å²) in [6, 6.07) is 25.0. The molecule has 0 bridgehead atoms. The van der Waals surface area contributed by atoms with Crippen LogP contribution in [0.4, 0.5) is 0 Å². The van der Waals surface area contributed by atoms with E-state index in [1.54, 1.807) is 42.3 Å². The predicted molar refractivity (Wildman–Crippen MR) is 145 cm³/mol. The lowest BCUT2D eigenvalue weighted by atomic mass is 10.0. The van der Waals surface area contributed by atoms with Crippen molar-refractivity contribution in [2.24, 2.45) is 0 Å². The number of rotatable bonds is 12. The minimum atomic E-state index is -3.64. The first-order chi connectivity index (χ1) is 17.7. The van der Waals surface area contributed by atoms with Gasteiger partial charge in [0.1, 0.15) is 6.04 Å². The Balaban J connectivity index is 1.78. The van der Waals surface area contributed by atoms with Gasteiger partial charge in [-0.2, -0.15) is 0 Å².